The van der Waals surface area contributed by atoms with E-state index in [0.717, 1.165) is 22.4 Å². The smallest absolute Gasteiger partial charge is 0.275 e. The van der Waals surface area contributed by atoms with Crippen molar-refractivity contribution < 1.29 is 9.90 Å². The highest BCUT2D eigenvalue weighted by Crippen LogP contribution is 2.33. The van der Waals surface area contributed by atoms with Gasteiger partial charge in [0.2, 0.25) is 0 Å². The molecule has 0 radical (unpaired) electrons. The first-order valence-corrected chi connectivity index (χ1v) is 9.72. The molecule has 0 saturated heterocycles. The molecule has 4 nitrogen and oxygen atoms in total. The fraction of sp³-hybridized carbons (Fsp3) is 0.429. The van der Waals surface area contributed by atoms with Crippen LogP contribution in [0.5, 0.6) is 5.75 Å². The molecule has 0 aliphatic heterocycles. The summed E-state index contributed by atoms with van der Waals surface area (Å²) in [5.74, 6) is 0.0383. The maximum Gasteiger partial charge on any atom is 0.275 e. The van der Waals surface area contributed by atoms with Gasteiger partial charge in [0.05, 0.1) is 11.3 Å². The summed E-state index contributed by atoms with van der Waals surface area (Å²) in [6, 6.07) is 5.80. The monoisotopic (exact) mass is 372 g/mol. The molecule has 1 aromatic heterocycles. The van der Waals surface area contributed by atoms with Crippen molar-refractivity contribution in [2.45, 2.75) is 60.3 Å². The molecule has 0 atom stereocenters. The third kappa shape index (κ3) is 4.33. The summed E-state index contributed by atoms with van der Waals surface area (Å²) in [6.45, 7) is 14.1. The van der Waals surface area contributed by atoms with Crippen LogP contribution >= 0.6 is 11.3 Å². The van der Waals surface area contributed by atoms with Gasteiger partial charge in [-0.25, -0.2) is 5.43 Å². The van der Waals surface area contributed by atoms with Gasteiger partial charge in [0, 0.05) is 15.3 Å². The van der Waals surface area contributed by atoms with Crippen LogP contribution in [-0.2, 0) is 0 Å². The highest BCUT2D eigenvalue weighted by atomic mass is 32.1. The number of phenolic OH excluding ortho intramolecular Hbond substituents is 1. The molecule has 1 amide bonds. The minimum absolute atomic E-state index is 0.0392. The van der Waals surface area contributed by atoms with Gasteiger partial charge in [0.25, 0.3) is 5.91 Å². The lowest BCUT2D eigenvalue weighted by Crippen LogP contribution is -2.20. The number of thiophene rings is 1. The predicted molar refractivity (Wildman–Crippen MR) is 110 cm³/mol. The second kappa shape index (κ2) is 8.04. The number of aryl methyl sites for hydroxylation is 2. The summed E-state index contributed by atoms with van der Waals surface area (Å²) in [5.41, 5.74) is 6.48. The standard InChI is InChI=1S/C21H28N2O2S/c1-11(2)16-9-17(12(3)4)20(24)19(10-16)21(25)23-22-14(6)18-8-13(5)26-15(18)7/h8-12,24H,1-7H3,(H,23,25)/b22-14-. The third-order valence-electron chi connectivity index (χ3n) is 4.45. The molecular formula is C21H28N2O2S. The minimum Gasteiger partial charge on any atom is -0.507 e. The van der Waals surface area contributed by atoms with Gasteiger partial charge in [-0.1, -0.05) is 33.8 Å². The summed E-state index contributed by atoms with van der Waals surface area (Å²) < 4.78 is 0. The molecule has 2 rings (SSSR count). The fourth-order valence-corrected chi connectivity index (χ4v) is 3.85. The molecule has 0 spiro atoms. The van der Waals surface area contributed by atoms with Gasteiger partial charge in [0.15, 0.2) is 0 Å². The lowest BCUT2D eigenvalue weighted by Gasteiger charge is -2.16. The van der Waals surface area contributed by atoms with Gasteiger partial charge in [-0.05, 0) is 55.9 Å². The summed E-state index contributed by atoms with van der Waals surface area (Å²) in [6.07, 6.45) is 0. The van der Waals surface area contributed by atoms with Crippen molar-refractivity contribution in [3.63, 3.8) is 0 Å². The molecule has 0 aliphatic carbocycles. The van der Waals surface area contributed by atoms with Crippen molar-refractivity contribution in [2.75, 3.05) is 0 Å². The first-order valence-electron chi connectivity index (χ1n) is 8.90. The van der Waals surface area contributed by atoms with E-state index in [1.807, 2.05) is 33.8 Å². The molecule has 0 saturated carbocycles. The zero-order valence-electron chi connectivity index (χ0n) is 16.6. The summed E-state index contributed by atoms with van der Waals surface area (Å²) in [4.78, 5) is 15.0. The largest absolute Gasteiger partial charge is 0.507 e. The van der Waals surface area contributed by atoms with Crippen LogP contribution in [-0.4, -0.2) is 16.7 Å². The van der Waals surface area contributed by atoms with Crippen molar-refractivity contribution >= 4 is 23.0 Å². The highest BCUT2D eigenvalue weighted by molar-refractivity contribution is 7.12. The Labute approximate surface area is 160 Å². The molecule has 0 bridgehead atoms. The Balaban J connectivity index is 2.34. The predicted octanol–water partition coefficient (Wildman–Crippen LogP) is 5.47. The molecule has 140 valence electrons. The summed E-state index contributed by atoms with van der Waals surface area (Å²) in [7, 11) is 0. The number of nitrogens with zero attached hydrogens (tertiary/aromatic N) is 1. The topological polar surface area (TPSA) is 61.7 Å². The Morgan fingerprint density at radius 2 is 1.73 bits per heavy atom. The van der Waals surface area contributed by atoms with Crippen LogP contribution in [0.1, 0.15) is 83.3 Å². The van der Waals surface area contributed by atoms with Gasteiger partial charge in [-0.3, -0.25) is 4.79 Å². The quantitative estimate of drug-likeness (QED) is 0.540. The number of amides is 1. The van der Waals surface area contributed by atoms with Gasteiger partial charge < -0.3 is 5.11 Å². The Morgan fingerprint density at radius 3 is 2.23 bits per heavy atom. The van der Waals surface area contributed by atoms with Crippen LogP contribution in [0.3, 0.4) is 0 Å². The van der Waals surface area contributed by atoms with Crippen LogP contribution in [0.25, 0.3) is 0 Å². The van der Waals surface area contributed by atoms with E-state index in [4.69, 9.17) is 0 Å². The first kappa shape index (κ1) is 20.2. The number of phenols is 1. The van der Waals surface area contributed by atoms with Crippen LogP contribution in [0.2, 0.25) is 0 Å². The third-order valence-corrected chi connectivity index (χ3v) is 5.42. The van der Waals surface area contributed by atoms with Crippen molar-refractivity contribution in [3.05, 3.63) is 50.2 Å². The highest BCUT2D eigenvalue weighted by Gasteiger charge is 2.19. The van der Waals surface area contributed by atoms with Gasteiger partial charge in [-0.15, -0.1) is 11.3 Å². The molecule has 5 heteroatoms. The average Bonchev–Trinajstić information content (AvgIpc) is 2.90. The number of benzene rings is 1. The average molecular weight is 373 g/mol. The van der Waals surface area contributed by atoms with Crippen molar-refractivity contribution in [1.29, 1.82) is 0 Å². The van der Waals surface area contributed by atoms with Crippen LogP contribution in [0.15, 0.2) is 23.3 Å². The molecule has 0 fully saturated rings. The molecule has 26 heavy (non-hydrogen) atoms. The zero-order chi connectivity index (χ0) is 19.6. The Hall–Kier alpha value is -2.14. The number of rotatable bonds is 5. The van der Waals surface area contributed by atoms with Gasteiger partial charge in [-0.2, -0.15) is 5.10 Å². The number of hydrazone groups is 1. The first-order chi connectivity index (χ1) is 12.1. The summed E-state index contributed by atoms with van der Waals surface area (Å²) in [5, 5.41) is 14.8. The second-order valence-corrected chi connectivity index (χ2v) is 8.74. The minimum atomic E-state index is -0.393. The lowest BCUT2D eigenvalue weighted by atomic mass is 9.92. The van der Waals surface area contributed by atoms with Crippen LogP contribution in [0.4, 0.5) is 0 Å². The normalized spacial score (nSPS) is 12.1. The van der Waals surface area contributed by atoms with E-state index in [-0.39, 0.29) is 23.1 Å². The molecule has 2 N–H and O–H groups in total. The van der Waals surface area contributed by atoms with E-state index in [9.17, 15) is 9.90 Å². The van der Waals surface area contributed by atoms with E-state index in [2.05, 4.69) is 37.4 Å². The molecular weight excluding hydrogens is 344 g/mol. The molecule has 2 aromatic rings. The second-order valence-electron chi connectivity index (χ2n) is 7.28. The summed E-state index contributed by atoms with van der Waals surface area (Å²) >= 11 is 1.71. The fourth-order valence-electron chi connectivity index (χ4n) is 2.87. The Bertz CT molecular complexity index is 848. The Kier molecular flexibility index (Phi) is 6.24. The number of carbonyl (C=O) groups excluding carboxylic acids is 1. The number of aromatic hydroxyl groups is 1. The number of nitrogens with one attached hydrogen (secondary N) is 1. The maximum absolute atomic E-state index is 12.7. The molecule has 0 unspecified atom stereocenters. The van der Waals surface area contributed by atoms with E-state index in [1.54, 1.807) is 17.4 Å². The van der Waals surface area contributed by atoms with Crippen LogP contribution in [0, 0.1) is 13.8 Å². The van der Waals surface area contributed by atoms with Crippen molar-refractivity contribution in [2.24, 2.45) is 5.10 Å². The van der Waals surface area contributed by atoms with Crippen molar-refractivity contribution in [1.82, 2.24) is 5.43 Å². The lowest BCUT2D eigenvalue weighted by molar-refractivity contribution is 0.0952. The number of carbonyl (C=O) groups is 1. The van der Waals surface area contributed by atoms with E-state index < -0.39 is 5.91 Å². The Morgan fingerprint density at radius 1 is 1.08 bits per heavy atom. The van der Waals surface area contributed by atoms with E-state index in [1.165, 1.54) is 9.75 Å². The van der Waals surface area contributed by atoms with Crippen molar-refractivity contribution in [3.8, 4) is 5.75 Å². The SMILES string of the molecule is C/C(=N/NC(=O)c1cc(C(C)C)cc(C(C)C)c1O)c1cc(C)sc1C. The molecule has 1 aromatic carbocycles. The molecule has 1 heterocycles. The zero-order valence-corrected chi connectivity index (χ0v) is 17.4. The van der Waals surface area contributed by atoms with Gasteiger partial charge >= 0.3 is 0 Å². The number of hydrogen-bond acceptors (Lipinski definition) is 4. The molecule has 0 aliphatic rings. The maximum atomic E-state index is 12.7. The number of hydrogen-bond donors (Lipinski definition) is 2. The van der Waals surface area contributed by atoms with E-state index in [0.29, 0.717) is 0 Å². The van der Waals surface area contributed by atoms with Crippen LogP contribution < -0.4 is 5.43 Å². The van der Waals surface area contributed by atoms with E-state index >= 15 is 0 Å². The van der Waals surface area contributed by atoms with Gasteiger partial charge in [0.1, 0.15) is 5.75 Å².